The lowest BCUT2D eigenvalue weighted by atomic mass is 9.89. The summed E-state index contributed by atoms with van der Waals surface area (Å²) >= 11 is 0. The summed E-state index contributed by atoms with van der Waals surface area (Å²) < 4.78 is 4.90. The SMILES string of the molecule is COCCC(N)C(=O)N1CCCC2(C1)NC(=O)NC2=O. The van der Waals surface area contributed by atoms with Gasteiger partial charge in [-0.25, -0.2) is 4.79 Å². The first-order chi connectivity index (χ1) is 9.48. The molecule has 2 aliphatic rings. The first kappa shape index (κ1) is 14.7. The average molecular weight is 284 g/mol. The van der Waals surface area contributed by atoms with Crippen LogP contribution in [-0.4, -0.2) is 61.1 Å². The molecule has 2 aliphatic heterocycles. The number of carbonyl (C=O) groups is 3. The number of methoxy groups -OCH3 is 1. The Bertz CT molecular complexity index is 428. The topological polar surface area (TPSA) is 114 Å². The molecular weight excluding hydrogens is 264 g/mol. The summed E-state index contributed by atoms with van der Waals surface area (Å²) in [6.07, 6.45) is 1.61. The molecule has 2 atom stereocenters. The normalized spacial score (nSPS) is 27.4. The second-order valence-electron chi connectivity index (χ2n) is 5.24. The van der Waals surface area contributed by atoms with E-state index in [4.69, 9.17) is 10.5 Å². The molecule has 20 heavy (non-hydrogen) atoms. The highest BCUT2D eigenvalue weighted by Crippen LogP contribution is 2.24. The number of amides is 4. The van der Waals surface area contributed by atoms with Gasteiger partial charge in [-0.05, 0) is 19.3 Å². The van der Waals surface area contributed by atoms with Crippen molar-refractivity contribution < 1.29 is 19.1 Å². The predicted octanol–water partition coefficient (Wildman–Crippen LogP) is -1.45. The Morgan fingerprint density at radius 3 is 2.90 bits per heavy atom. The maximum atomic E-state index is 12.2. The van der Waals surface area contributed by atoms with Crippen LogP contribution in [0.3, 0.4) is 0 Å². The summed E-state index contributed by atoms with van der Waals surface area (Å²) in [7, 11) is 1.55. The van der Waals surface area contributed by atoms with Crippen LogP contribution in [0.25, 0.3) is 0 Å². The van der Waals surface area contributed by atoms with Crippen LogP contribution < -0.4 is 16.4 Å². The van der Waals surface area contributed by atoms with E-state index in [1.807, 2.05) is 0 Å². The van der Waals surface area contributed by atoms with Crippen LogP contribution in [0.15, 0.2) is 0 Å². The Balaban J connectivity index is 2.02. The predicted molar refractivity (Wildman–Crippen MR) is 69.7 cm³/mol. The van der Waals surface area contributed by atoms with Gasteiger partial charge in [0, 0.05) is 20.3 Å². The van der Waals surface area contributed by atoms with Crippen LogP contribution in [0.4, 0.5) is 4.79 Å². The van der Waals surface area contributed by atoms with Gasteiger partial charge in [0.1, 0.15) is 5.54 Å². The quantitative estimate of drug-likeness (QED) is 0.547. The van der Waals surface area contributed by atoms with E-state index in [-0.39, 0.29) is 18.4 Å². The summed E-state index contributed by atoms with van der Waals surface area (Å²) in [5.41, 5.74) is 4.83. The third-order valence-electron chi connectivity index (χ3n) is 3.77. The monoisotopic (exact) mass is 284 g/mol. The molecule has 2 fully saturated rings. The van der Waals surface area contributed by atoms with E-state index in [0.717, 1.165) is 0 Å². The molecule has 0 saturated carbocycles. The fraction of sp³-hybridized carbons (Fsp3) is 0.750. The molecule has 8 heteroatoms. The Labute approximate surface area is 117 Å². The lowest BCUT2D eigenvalue weighted by molar-refractivity contribution is -0.137. The molecule has 2 saturated heterocycles. The van der Waals surface area contributed by atoms with Gasteiger partial charge in [-0.1, -0.05) is 0 Å². The summed E-state index contributed by atoms with van der Waals surface area (Å²) in [5.74, 6) is -0.583. The molecule has 2 heterocycles. The fourth-order valence-corrected chi connectivity index (χ4v) is 2.66. The number of nitrogens with one attached hydrogen (secondary N) is 2. The van der Waals surface area contributed by atoms with Crippen LogP contribution in [0, 0.1) is 0 Å². The first-order valence-electron chi connectivity index (χ1n) is 6.65. The average Bonchev–Trinajstić information content (AvgIpc) is 2.69. The number of carbonyl (C=O) groups excluding carboxylic acids is 3. The highest BCUT2D eigenvalue weighted by atomic mass is 16.5. The standard InChI is InChI=1S/C12H20N4O4/c1-20-6-3-8(13)9(17)16-5-2-4-12(7-16)10(18)14-11(19)15-12/h8H,2-7,13H2,1H3,(H2,14,15,18,19). The molecular formula is C12H20N4O4. The summed E-state index contributed by atoms with van der Waals surface area (Å²) in [6, 6.07) is -1.15. The second kappa shape index (κ2) is 5.76. The number of hydrogen-bond acceptors (Lipinski definition) is 5. The maximum Gasteiger partial charge on any atom is 0.322 e. The number of nitrogens with zero attached hydrogens (tertiary/aromatic N) is 1. The van der Waals surface area contributed by atoms with Gasteiger partial charge in [0.05, 0.1) is 12.6 Å². The molecule has 4 amide bonds. The molecule has 0 aromatic heterocycles. The third kappa shape index (κ3) is 2.75. The molecule has 0 aromatic carbocycles. The molecule has 0 aromatic rings. The highest BCUT2D eigenvalue weighted by Gasteiger charge is 2.49. The second-order valence-corrected chi connectivity index (χ2v) is 5.24. The number of nitrogens with two attached hydrogens (primary N) is 1. The lowest BCUT2D eigenvalue weighted by Gasteiger charge is -2.38. The first-order valence-corrected chi connectivity index (χ1v) is 6.65. The van der Waals surface area contributed by atoms with Crippen molar-refractivity contribution >= 4 is 17.8 Å². The Kier molecular flexibility index (Phi) is 4.24. The van der Waals surface area contributed by atoms with E-state index in [0.29, 0.717) is 32.4 Å². The van der Waals surface area contributed by atoms with Crippen molar-refractivity contribution in [3.8, 4) is 0 Å². The summed E-state index contributed by atoms with van der Waals surface area (Å²) in [6.45, 7) is 1.12. The van der Waals surface area contributed by atoms with Crippen LogP contribution in [-0.2, 0) is 14.3 Å². The minimum absolute atomic E-state index is 0.171. The largest absolute Gasteiger partial charge is 0.385 e. The van der Waals surface area contributed by atoms with Crippen molar-refractivity contribution in [3.63, 3.8) is 0 Å². The van der Waals surface area contributed by atoms with Crippen LogP contribution in [0.5, 0.6) is 0 Å². The maximum absolute atomic E-state index is 12.2. The van der Waals surface area contributed by atoms with Gasteiger partial charge in [0.15, 0.2) is 0 Å². The molecule has 0 radical (unpaired) electrons. The van der Waals surface area contributed by atoms with E-state index in [1.54, 1.807) is 12.0 Å². The minimum atomic E-state index is -0.994. The minimum Gasteiger partial charge on any atom is -0.385 e. The molecule has 2 rings (SSSR count). The van der Waals surface area contributed by atoms with E-state index >= 15 is 0 Å². The van der Waals surface area contributed by atoms with Crippen LogP contribution >= 0.6 is 0 Å². The van der Waals surface area contributed by atoms with Gasteiger partial charge in [-0.15, -0.1) is 0 Å². The number of urea groups is 1. The fourth-order valence-electron chi connectivity index (χ4n) is 2.66. The number of piperidine rings is 1. The Hall–Kier alpha value is -1.67. The van der Waals surface area contributed by atoms with Crippen LogP contribution in [0.1, 0.15) is 19.3 Å². The number of rotatable bonds is 4. The zero-order chi connectivity index (χ0) is 14.8. The zero-order valence-corrected chi connectivity index (χ0v) is 11.5. The van der Waals surface area contributed by atoms with E-state index in [2.05, 4.69) is 10.6 Å². The Morgan fingerprint density at radius 2 is 2.30 bits per heavy atom. The Morgan fingerprint density at radius 1 is 1.55 bits per heavy atom. The lowest BCUT2D eigenvalue weighted by Crippen LogP contribution is -2.61. The smallest absolute Gasteiger partial charge is 0.322 e. The molecule has 4 N–H and O–H groups in total. The van der Waals surface area contributed by atoms with Crippen molar-refractivity contribution in [2.24, 2.45) is 5.73 Å². The molecule has 2 unspecified atom stereocenters. The molecule has 112 valence electrons. The molecule has 0 bridgehead atoms. The van der Waals surface area contributed by atoms with Gasteiger partial charge in [-0.2, -0.15) is 0 Å². The van der Waals surface area contributed by atoms with Gasteiger partial charge >= 0.3 is 6.03 Å². The van der Waals surface area contributed by atoms with Crippen molar-refractivity contribution in [1.82, 2.24) is 15.5 Å². The molecule has 0 aliphatic carbocycles. The van der Waals surface area contributed by atoms with Crippen molar-refractivity contribution in [3.05, 3.63) is 0 Å². The number of imide groups is 1. The van der Waals surface area contributed by atoms with Crippen molar-refractivity contribution in [2.75, 3.05) is 26.8 Å². The summed E-state index contributed by atoms with van der Waals surface area (Å²) in [4.78, 5) is 37.0. The van der Waals surface area contributed by atoms with Gasteiger partial charge in [0.2, 0.25) is 5.91 Å². The number of ether oxygens (including phenoxy) is 1. The summed E-state index contributed by atoms with van der Waals surface area (Å²) in [5, 5.41) is 4.85. The molecule has 8 nitrogen and oxygen atoms in total. The van der Waals surface area contributed by atoms with Crippen molar-refractivity contribution in [1.29, 1.82) is 0 Å². The van der Waals surface area contributed by atoms with E-state index < -0.39 is 17.6 Å². The van der Waals surface area contributed by atoms with E-state index in [1.165, 1.54) is 0 Å². The van der Waals surface area contributed by atoms with Gasteiger partial charge in [0.25, 0.3) is 5.91 Å². The van der Waals surface area contributed by atoms with E-state index in [9.17, 15) is 14.4 Å². The third-order valence-corrected chi connectivity index (χ3v) is 3.77. The number of hydrogen-bond donors (Lipinski definition) is 3. The zero-order valence-electron chi connectivity index (χ0n) is 11.5. The number of likely N-dealkylation sites (tertiary alicyclic amines) is 1. The van der Waals surface area contributed by atoms with Gasteiger partial charge < -0.3 is 20.7 Å². The molecule has 1 spiro atoms. The highest BCUT2D eigenvalue weighted by molar-refractivity contribution is 6.07. The van der Waals surface area contributed by atoms with Crippen LogP contribution in [0.2, 0.25) is 0 Å². The van der Waals surface area contributed by atoms with Gasteiger partial charge in [-0.3, -0.25) is 14.9 Å². The van der Waals surface area contributed by atoms with Crippen molar-refractivity contribution in [2.45, 2.75) is 30.8 Å².